The summed E-state index contributed by atoms with van der Waals surface area (Å²) in [4.78, 5) is 26.0. The van der Waals surface area contributed by atoms with Crippen molar-refractivity contribution < 1.29 is 14.5 Å². The summed E-state index contributed by atoms with van der Waals surface area (Å²) >= 11 is 0. The molecule has 0 N–H and O–H groups in total. The minimum absolute atomic E-state index is 0.0658. The summed E-state index contributed by atoms with van der Waals surface area (Å²) in [6, 6.07) is 10.0. The Morgan fingerprint density at radius 2 is 1.95 bits per heavy atom. The van der Waals surface area contributed by atoms with Gasteiger partial charge in [0.05, 0.1) is 10.6 Å². The van der Waals surface area contributed by atoms with Gasteiger partial charge in [-0.05, 0) is 31.2 Å². The topological polar surface area (TPSA) is 82.3 Å². The quantitative estimate of drug-likeness (QED) is 0.374. The van der Waals surface area contributed by atoms with E-state index in [9.17, 15) is 14.9 Å². The smallest absolute Gasteiger partial charge is 0.312 e. The van der Waals surface area contributed by atoms with Crippen LogP contribution >= 0.6 is 0 Å². The second-order valence-electron chi connectivity index (χ2n) is 4.58. The summed E-state index contributed by atoms with van der Waals surface area (Å²) < 4.78 is 5.00. The van der Waals surface area contributed by atoms with Gasteiger partial charge in [0, 0.05) is 24.2 Å². The largest absolute Gasteiger partial charge is 0.419 e. The number of rotatable bonds is 4. The molecule has 6 heteroatoms. The van der Waals surface area contributed by atoms with Crippen LogP contribution < -0.4 is 4.74 Å². The highest BCUT2D eigenvalue weighted by Crippen LogP contribution is 2.32. The van der Waals surface area contributed by atoms with Crippen molar-refractivity contribution in [3.8, 4) is 5.75 Å². The number of para-hydroxylation sites is 1. The fourth-order valence-corrected chi connectivity index (χ4v) is 1.90. The van der Waals surface area contributed by atoms with Crippen molar-refractivity contribution in [2.75, 3.05) is 0 Å². The number of benzene rings is 1. The lowest BCUT2D eigenvalue weighted by atomic mass is 10.1. The number of nitro benzene ring substituents is 1. The number of esters is 1. The van der Waals surface area contributed by atoms with Gasteiger partial charge in [0.15, 0.2) is 0 Å². The number of aromatic nitrogens is 1. The van der Waals surface area contributed by atoms with E-state index in [1.54, 1.807) is 18.2 Å². The van der Waals surface area contributed by atoms with Crippen LogP contribution in [0.5, 0.6) is 5.75 Å². The summed E-state index contributed by atoms with van der Waals surface area (Å²) in [5.74, 6) is -0.679. The minimum Gasteiger partial charge on any atom is -0.419 e. The van der Waals surface area contributed by atoms with Crippen LogP contribution in [0.3, 0.4) is 0 Å². The summed E-state index contributed by atoms with van der Waals surface area (Å²) in [5, 5.41) is 11.1. The normalized spacial score (nSPS) is 10.6. The van der Waals surface area contributed by atoms with Crippen molar-refractivity contribution in [1.82, 2.24) is 4.98 Å². The zero-order valence-corrected chi connectivity index (χ0v) is 12.1. The van der Waals surface area contributed by atoms with Crippen LogP contribution in [0, 0.1) is 17.0 Å². The Balaban J connectivity index is 2.43. The number of carbonyl (C=O) groups is 1. The van der Waals surface area contributed by atoms with E-state index >= 15 is 0 Å². The monoisotopic (exact) mass is 298 g/mol. The molecule has 0 aliphatic carbocycles. The minimum atomic E-state index is -0.613. The summed E-state index contributed by atoms with van der Waals surface area (Å²) in [6.07, 6.45) is 3.34. The molecular formula is C16H14N2O4. The number of aryl methyl sites for hydroxylation is 1. The number of hydrogen-bond acceptors (Lipinski definition) is 5. The maximum absolute atomic E-state index is 11.2. The van der Waals surface area contributed by atoms with Gasteiger partial charge in [-0.1, -0.05) is 18.2 Å². The van der Waals surface area contributed by atoms with Gasteiger partial charge in [-0.3, -0.25) is 19.9 Å². The Hall–Kier alpha value is -3.02. The molecular weight excluding hydrogens is 284 g/mol. The Kier molecular flexibility index (Phi) is 4.63. The lowest BCUT2D eigenvalue weighted by Crippen LogP contribution is -2.05. The number of nitro groups is 1. The van der Waals surface area contributed by atoms with Gasteiger partial charge in [-0.2, -0.15) is 0 Å². The molecule has 6 nitrogen and oxygen atoms in total. The number of pyridine rings is 1. The maximum Gasteiger partial charge on any atom is 0.312 e. The van der Waals surface area contributed by atoms with E-state index < -0.39 is 10.9 Å². The van der Waals surface area contributed by atoms with Crippen molar-refractivity contribution in [3.05, 3.63) is 63.5 Å². The Labute approximate surface area is 127 Å². The number of carbonyl (C=O) groups excluding carboxylic acids is 1. The van der Waals surface area contributed by atoms with Crippen molar-refractivity contribution in [1.29, 1.82) is 0 Å². The molecule has 0 atom stereocenters. The van der Waals surface area contributed by atoms with E-state index in [2.05, 4.69) is 4.98 Å². The number of ether oxygens (including phenoxy) is 1. The average Bonchev–Trinajstić information content (AvgIpc) is 2.45. The third-order valence-corrected chi connectivity index (χ3v) is 2.81. The molecule has 112 valence electrons. The first kappa shape index (κ1) is 15.4. The molecule has 0 unspecified atom stereocenters. The van der Waals surface area contributed by atoms with Crippen LogP contribution in [-0.2, 0) is 4.79 Å². The molecule has 2 rings (SSSR count). The molecule has 0 radical (unpaired) electrons. The molecule has 0 spiro atoms. The molecule has 22 heavy (non-hydrogen) atoms. The third kappa shape index (κ3) is 3.76. The van der Waals surface area contributed by atoms with Gasteiger partial charge in [0.25, 0.3) is 0 Å². The highest BCUT2D eigenvalue weighted by Gasteiger charge is 2.19. The molecule has 1 aromatic heterocycles. The molecule has 2 aromatic rings. The van der Waals surface area contributed by atoms with Gasteiger partial charge in [-0.15, -0.1) is 0 Å². The van der Waals surface area contributed by atoms with Crippen molar-refractivity contribution >= 4 is 23.8 Å². The zero-order chi connectivity index (χ0) is 16.1. The first-order valence-electron chi connectivity index (χ1n) is 6.55. The first-order valence-corrected chi connectivity index (χ1v) is 6.55. The van der Waals surface area contributed by atoms with Gasteiger partial charge in [0.2, 0.25) is 5.75 Å². The van der Waals surface area contributed by atoms with E-state index in [0.29, 0.717) is 11.3 Å². The summed E-state index contributed by atoms with van der Waals surface area (Å²) in [5.41, 5.74) is 1.75. The van der Waals surface area contributed by atoms with Crippen LogP contribution in [0.25, 0.3) is 12.2 Å². The van der Waals surface area contributed by atoms with E-state index in [4.69, 9.17) is 4.74 Å². The lowest BCUT2D eigenvalue weighted by Gasteiger charge is -2.06. The fraction of sp³-hybridized carbons (Fsp3) is 0.125. The van der Waals surface area contributed by atoms with E-state index in [1.807, 2.05) is 25.1 Å². The lowest BCUT2D eigenvalue weighted by molar-refractivity contribution is -0.385. The molecule has 0 aliphatic heterocycles. The number of nitrogens with zero attached hydrogens (tertiary/aromatic N) is 2. The molecule has 0 bridgehead atoms. The van der Waals surface area contributed by atoms with Crippen molar-refractivity contribution in [2.45, 2.75) is 13.8 Å². The molecule has 1 aromatic carbocycles. The highest BCUT2D eigenvalue weighted by molar-refractivity contribution is 5.78. The highest BCUT2D eigenvalue weighted by atomic mass is 16.6. The van der Waals surface area contributed by atoms with E-state index in [-0.39, 0.29) is 11.4 Å². The van der Waals surface area contributed by atoms with Crippen LogP contribution in [0.1, 0.15) is 23.9 Å². The van der Waals surface area contributed by atoms with Gasteiger partial charge in [-0.25, -0.2) is 0 Å². The molecule has 0 fully saturated rings. The molecule has 0 saturated carbocycles. The van der Waals surface area contributed by atoms with Crippen LogP contribution in [0.2, 0.25) is 0 Å². The second-order valence-corrected chi connectivity index (χ2v) is 4.58. The third-order valence-electron chi connectivity index (χ3n) is 2.81. The molecule has 0 aliphatic rings. The van der Waals surface area contributed by atoms with E-state index in [0.717, 1.165) is 5.69 Å². The fourth-order valence-electron chi connectivity index (χ4n) is 1.90. The van der Waals surface area contributed by atoms with Crippen molar-refractivity contribution in [3.63, 3.8) is 0 Å². The Bertz CT molecular complexity index is 754. The first-order chi connectivity index (χ1) is 10.5. The van der Waals surface area contributed by atoms with Crippen LogP contribution in [0.15, 0.2) is 36.4 Å². The zero-order valence-electron chi connectivity index (χ0n) is 12.1. The number of hydrogen-bond donors (Lipinski definition) is 0. The molecule has 1 heterocycles. The van der Waals surface area contributed by atoms with Gasteiger partial charge in [0.1, 0.15) is 0 Å². The Morgan fingerprint density at radius 1 is 1.23 bits per heavy atom. The predicted octanol–water partition coefficient (Wildman–Crippen LogP) is 3.39. The van der Waals surface area contributed by atoms with Crippen LogP contribution in [-0.4, -0.2) is 15.9 Å². The summed E-state index contributed by atoms with van der Waals surface area (Å²) in [6.45, 7) is 3.07. The standard InChI is InChI=1S/C16H14N2O4/c1-11-5-3-7-14(17-11)10-9-13-6-4-8-15(18(20)21)16(13)22-12(2)19/h3-10H,1-2H3. The van der Waals surface area contributed by atoms with Gasteiger partial charge >= 0.3 is 11.7 Å². The second kappa shape index (κ2) is 6.62. The van der Waals surface area contributed by atoms with Crippen LogP contribution in [0.4, 0.5) is 5.69 Å². The summed E-state index contributed by atoms with van der Waals surface area (Å²) in [7, 11) is 0. The Morgan fingerprint density at radius 3 is 2.59 bits per heavy atom. The molecule has 0 saturated heterocycles. The van der Waals surface area contributed by atoms with E-state index in [1.165, 1.54) is 19.1 Å². The average molecular weight is 298 g/mol. The molecule has 0 amide bonds. The maximum atomic E-state index is 11.2. The van der Waals surface area contributed by atoms with Crippen molar-refractivity contribution in [2.24, 2.45) is 0 Å². The van der Waals surface area contributed by atoms with Gasteiger partial charge < -0.3 is 4.74 Å². The SMILES string of the molecule is CC(=O)Oc1c(C=Cc2cccc(C)n2)cccc1[N+](=O)[O-]. The predicted molar refractivity (Wildman–Crippen MR) is 82.3 cm³/mol.